The number of aryl methyl sites for hydroxylation is 1. The van der Waals surface area contributed by atoms with Gasteiger partial charge >= 0.3 is 0 Å². The van der Waals surface area contributed by atoms with Gasteiger partial charge in [-0.05, 0) is 41.8 Å². The van der Waals surface area contributed by atoms with Gasteiger partial charge in [-0.25, -0.2) is 0 Å². The third-order valence-electron chi connectivity index (χ3n) is 3.24. The van der Waals surface area contributed by atoms with Crippen molar-refractivity contribution in [3.8, 4) is 5.75 Å². The van der Waals surface area contributed by atoms with E-state index >= 15 is 0 Å². The van der Waals surface area contributed by atoms with Crippen molar-refractivity contribution in [3.05, 3.63) is 62.0 Å². The minimum Gasteiger partial charge on any atom is -0.496 e. The number of hydrogen-bond acceptors (Lipinski definition) is 2. The van der Waals surface area contributed by atoms with Crippen molar-refractivity contribution in [2.75, 3.05) is 7.11 Å². The Hall–Kier alpha value is -0.840. The monoisotopic (exact) mass is 398 g/mol. The fourth-order valence-electron chi connectivity index (χ4n) is 2.11. The van der Waals surface area contributed by atoms with Crippen molar-refractivity contribution in [3.63, 3.8) is 0 Å². The van der Waals surface area contributed by atoms with Gasteiger partial charge in [-0.2, -0.15) is 0 Å². The van der Waals surface area contributed by atoms with Gasteiger partial charge in [-0.3, -0.25) is 0 Å². The Morgan fingerprint density at radius 1 is 1.15 bits per heavy atom. The lowest BCUT2D eigenvalue weighted by Crippen LogP contribution is -2.04. The lowest BCUT2D eigenvalue weighted by atomic mass is 10.00. The highest BCUT2D eigenvalue weighted by molar-refractivity contribution is 9.11. The van der Waals surface area contributed by atoms with E-state index in [1.807, 2.05) is 43.3 Å². The molecular formula is C16H16Br2O2. The van der Waals surface area contributed by atoms with Gasteiger partial charge in [0.15, 0.2) is 0 Å². The van der Waals surface area contributed by atoms with Gasteiger partial charge in [-0.1, -0.05) is 50.1 Å². The number of aliphatic hydroxyl groups is 1. The number of hydrogen-bond donors (Lipinski definition) is 1. The number of rotatable bonds is 4. The molecule has 0 aliphatic heterocycles. The summed E-state index contributed by atoms with van der Waals surface area (Å²) in [6.07, 6.45) is -0.0736. The summed E-state index contributed by atoms with van der Waals surface area (Å²) in [6.45, 7) is 2.02. The number of ether oxygens (including phenoxy) is 1. The van der Waals surface area contributed by atoms with Crippen molar-refractivity contribution < 1.29 is 9.84 Å². The molecule has 2 nitrogen and oxygen atoms in total. The van der Waals surface area contributed by atoms with Crippen LogP contribution in [0.25, 0.3) is 0 Å². The van der Waals surface area contributed by atoms with E-state index in [9.17, 15) is 5.11 Å². The molecule has 0 saturated carbocycles. The SMILES string of the molecule is COc1ccccc1CC(O)c1cc(Br)c(C)cc1Br. The molecule has 2 aromatic rings. The smallest absolute Gasteiger partial charge is 0.122 e. The van der Waals surface area contributed by atoms with Crippen LogP contribution in [0.15, 0.2) is 45.3 Å². The molecule has 1 N–H and O–H groups in total. The van der Waals surface area contributed by atoms with E-state index in [-0.39, 0.29) is 0 Å². The van der Waals surface area contributed by atoms with E-state index in [4.69, 9.17) is 4.74 Å². The highest BCUT2D eigenvalue weighted by Gasteiger charge is 2.15. The molecule has 1 unspecified atom stereocenters. The standard InChI is InChI=1S/C16H16Br2O2/c1-10-7-14(18)12(9-13(10)17)15(19)8-11-5-3-4-6-16(11)20-2/h3-7,9,15,19H,8H2,1-2H3. The Bertz CT molecular complexity index is 611. The molecule has 0 aliphatic carbocycles. The van der Waals surface area contributed by atoms with Crippen molar-refractivity contribution in [1.29, 1.82) is 0 Å². The zero-order valence-corrected chi connectivity index (χ0v) is 14.5. The van der Waals surface area contributed by atoms with Crippen LogP contribution < -0.4 is 4.74 Å². The minimum atomic E-state index is -0.586. The molecule has 0 fully saturated rings. The van der Waals surface area contributed by atoms with E-state index in [1.54, 1.807) is 7.11 Å². The van der Waals surface area contributed by atoms with Crippen LogP contribution in [-0.2, 0) is 6.42 Å². The van der Waals surface area contributed by atoms with Crippen LogP contribution in [0.1, 0.15) is 22.8 Å². The molecule has 20 heavy (non-hydrogen) atoms. The molecule has 0 aliphatic rings. The predicted octanol–water partition coefficient (Wildman–Crippen LogP) is 4.80. The van der Waals surface area contributed by atoms with E-state index in [2.05, 4.69) is 31.9 Å². The Balaban J connectivity index is 2.28. The topological polar surface area (TPSA) is 29.5 Å². The van der Waals surface area contributed by atoms with Gasteiger partial charge in [0.05, 0.1) is 13.2 Å². The number of aliphatic hydroxyl groups excluding tert-OH is 1. The van der Waals surface area contributed by atoms with Crippen molar-refractivity contribution >= 4 is 31.9 Å². The Morgan fingerprint density at radius 2 is 1.85 bits per heavy atom. The van der Waals surface area contributed by atoms with Gasteiger partial charge in [0.25, 0.3) is 0 Å². The van der Waals surface area contributed by atoms with E-state index in [1.165, 1.54) is 0 Å². The quantitative estimate of drug-likeness (QED) is 0.799. The minimum absolute atomic E-state index is 0.512. The lowest BCUT2D eigenvalue weighted by molar-refractivity contribution is 0.176. The fourth-order valence-corrected chi connectivity index (χ4v) is 3.19. The molecule has 2 rings (SSSR count). The third-order valence-corrected chi connectivity index (χ3v) is 4.78. The number of benzene rings is 2. The van der Waals surface area contributed by atoms with Crippen molar-refractivity contribution in [2.45, 2.75) is 19.4 Å². The summed E-state index contributed by atoms with van der Waals surface area (Å²) in [4.78, 5) is 0. The predicted molar refractivity (Wildman–Crippen MR) is 88.2 cm³/mol. The first-order valence-electron chi connectivity index (χ1n) is 6.28. The second-order valence-electron chi connectivity index (χ2n) is 4.65. The molecule has 106 valence electrons. The lowest BCUT2D eigenvalue weighted by Gasteiger charge is -2.16. The summed E-state index contributed by atoms with van der Waals surface area (Å²) in [7, 11) is 1.64. The van der Waals surface area contributed by atoms with Crippen LogP contribution in [0.4, 0.5) is 0 Å². The molecule has 0 bridgehead atoms. The molecule has 0 amide bonds. The summed E-state index contributed by atoms with van der Waals surface area (Å²) >= 11 is 7.02. The second kappa shape index (κ2) is 6.74. The summed E-state index contributed by atoms with van der Waals surface area (Å²) in [5.41, 5.74) is 2.99. The largest absolute Gasteiger partial charge is 0.496 e. The maximum Gasteiger partial charge on any atom is 0.122 e. The molecule has 2 aromatic carbocycles. The first-order valence-corrected chi connectivity index (χ1v) is 7.87. The van der Waals surface area contributed by atoms with Crippen molar-refractivity contribution in [1.82, 2.24) is 0 Å². The summed E-state index contributed by atoms with van der Waals surface area (Å²) in [6, 6.07) is 11.7. The molecule has 0 spiro atoms. The summed E-state index contributed by atoms with van der Waals surface area (Å²) < 4.78 is 7.24. The normalized spacial score (nSPS) is 12.2. The van der Waals surface area contributed by atoms with E-state index in [0.717, 1.165) is 31.4 Å². The first kappa shape index (κ1) is 15.5. The molecule has 0 saturated heterocycles. The average molecular weight is 400 g/mol. The zero-order chi connectivity index (χ0) is 14.7. The number of halogens is 2. The van der Waals surface area contributed by atoms with E-state index in [0.29, 0.717) is 6.42 Å². The van der Waals surface area contributed by atoms with Gasteiger partial charge in [0.2, 0.25) is 0 Å². The van der Waals surface area contributed by atoms with Gasteiger partial charge in [0.1, 0.15) is 5.75 Å². The highest BCUT2D eigenvalue weighted by atomic mass is 79.9. The van der Waals surface area contributed by atoms with Crippen LogP contribution in [0.3, 0.4) is 0 Å². The van der Waals surface area contributed by atoms with Crippen LogP contribution in [0.5, 0.6) is 5.75 Å². The third kappa shape index (κ3) is 3.43. The molecule has 0 heterocycles. The zero-order valence-electron chi connectivity index (χ0n) is 11.4. The first-order chi connectivity index (χ1) is 9.52. The van der Waals surface area contributed by atoms with Gasteiger partial charge in [-0.15, -0.1) is 0 Å². The fraction of sp³-hybridized carbons (Fsp3) is 0.250. The second-order valence-corrected chi connectivity index (χ2v) is 6.36. The summed E-state index contributed by atoms with van der Waals surface area (Å²) in [5, 5.41) is 10.5. The molecular weight excluding hydrogens is 384 g/mol. The maximum absolute atomic E-state index is 10.5. The molecule has 0 aromatic heterocycles. The van der Waals surface area contributed by atoms with Gasteiger partial charge < -0.3 is 9.84 Å². The Morgan fingerprint density at radius 3 is 2.55 bits per heavy atom. The number of para-hydroxylation sites is 1. The maximum atomic E-state index is 10.5. The number of methoxy groups -OCH3 is 1. The van der Waals surface area contributed by atoms with Crippen LogP contribution in [-0.4, -0.2) is 12.2 Å². The van der Waals surface area contributed by atoms with Gasteiger partial charge in [0, 0.05) is 15.4 Å². The van der Waals surface area contributed by atoms with E-state index < -0.39 is 6.10 Å². The Kier molecular flexibility index (Phi) is 5.24. The molecule has 1 atom stereocenters. The van der Waals surface area contributed by atoms with Crippen LogP contribution in [0, 0.1) is 6.92 Å². The summed E-state index contributed by atoms with van der Waals surface area (Å²) in [5.74, 6) is 0.800. The van der Waals surface area contributed by atoms with Crippen LogP contribution in [0.2, 0.25) is 0 Å². The molecule has 4 heteroatoms. The van der Waals surface area contributed by atoms with Crippen LogP contribution >= 0.6 is 31.9 Å². The van der Waals surface area contributed by atoms with Crippen molar-refractivity contribution in [2.24, 2.45) is 0 Å². The molecule has 0 radical (unpaired) electrons. The highest BCUT2D eigenvalue weighted by Crippen LogP contribution is 2.32. The Labute approximate surface area is 136 Å². The average Bonchev–Trinajstić information content (AvgIpc) is 2.43.